The van der Waals surface area contributed by atoms with Gasteiger partial charge in [0.1, 0.15) is 11.8 Å². The Morgan fingerprint density at radius 1 is 1.03 bits per heavy atom. The highest BCUT2D eigenvalue weighted by Gasteiger charge is 2.28. The first-order valence-electron chi connectivity index (χ1n) is 10.3. The maximum atomic E-state index is 13.1. The fraction of sp³-hybridized carbons (Fsp3) is 0.417. The predicted molar refractivity (Wildman–Crippen MR) is 116 cm³/mol. The van der Waals surface area contributed by atoms with Gasteiger partial charge in [0.2, 0.25) is 5.91 Å². The van der Waals surface area contributed by atoms with Gasteiger partial charge in [0.15, 0.2) is 6.61 Å². The van der Waals surface area contributed by atoms with Crippen molar-refractivity contribution in [3.05, 3.63) is 65.2 Å². The maximum Gasteiger partial charge on any atom is 0.261 e. The fourth-order valence-corrected chi connectivity index (χ4v) is 3.12. The van der Waals surface area contributed by atoms with Gasteiger partial charge in [-0.05, 0) is 43.9 Å². The van der Waals surface area contributed by atoms with Crippen molar-refractivity contribution in [2.75, 3.05) is 13.2 Å². The molecule has 0 aliphatic rings. The van der Waals surface area contributed by atoms with Crippen LogP contribution in [-0.2, 0) is 16.1 Å². The number of nitrogens with one attached hydrogen (secondary N) is 1. The molecule has 5 heteroatoms. The molecular formula is C24H32N2O3. The van der Waals surface area contributed by atoms with Gasteiger partial charge in [0.05, 0.1) is 0 Å². The van der Waals surface area contributed by atoms with E-state index < -0.39 is 6.04 Å². The molecule has 2 aromatic rings. The Bertz CT molecular complexity index is 802. The average molecular weight is 397 g/mol. The number of amides is 2. The van der Waals surface area contributed by atoms with Crippen molar-refractivity contribution in [3.8, 4) is 5.75 Å². The maximum absolute atomic E-state index is 13.1. The molecule has 2 amide bonds. The van der Waals surface area contributed by atoms with Crippen LogP contribution >= 0.6 is 0 Å². The second-order valence-electron chi connectivity index (χ2n) is 7.28. The van der Waals surface area contributed by atoms with E-state index in [4.69, 9.17) is 4.74 Å². The van der Waals surface area contributed by atoms with Crippen molar-refractivity contribution in [2.24, 2.45) is 0 Å². The Morgan fingerprint density at radius 3 is 2.34 bits per heavy atom. The summed E-state index contributed by atoms with van der Waals surface area (Å²) >= 11 is 0. The Kier molecular flexibility index (Phi) is 8.71. The molecule has 0 spiro atoms. The van der Waals surface area contributed by atoms with Gasteiger partial charge >= 0.3 is 0 Å². The summed E-state index contributed by atoms with van der Waals surface area (Å²) < 4.78 is 5.77. The van der Waals surface area contributed by atoms with E-state index in [9.17, 15) is 9.59 Å². The van der Waals surface area contributed by atoms with Crippen LogP contribution in [0, 0.1) is 13.8 Å². The van der Waals surface area contributed by atoms with Crippen molar-refractivity contribution >= 4 is 11.8 Å². The number of nitrogens with zero attached hydrogens (tertiary/aromatic N) is 1. The number of aryl methyl sites for hydroxylation is 2. The van der Waals surface area contributed by atoms with E-state index in [-0.39, 0.29) is 18.4 Å². The van der Waals surface area contributed by atoms with Gasteiger partial charge in [0, 0.05) is 13.1 Å². The largest absolute Gasteiger partial charge is 0.484 e. The fourth-order valence-electron chi connectivity index (χ4n) is 3.12. The number of para-hydroxylation sites is 1. The smallest absolute Gasteiger partial charge is 0.261 e. The lowest BCUT2D eigenvalue weighted by Crippen LogP contribution is -2.50. The van der Waals surface area contributed by atoms with Crippen LogP contribution in [0.15, 0.2) is 48.5 Å². The van der Waals surface area contributed by atoms with Crippen molar-refractivity contribution in [3.63, 3.8) is 0 Å². The molecule has 1 atom stereocenters. The Morgan fingerprint density at radius 2 is 1.72 bits per heavy atom. The number of ether oxygens (including phenoxy) is 1. The average Bonchev–Trinajstić information content (AvgIpc) is 2.72. The number of hydrogen-bond acceptors (Lipinski definition) is 3. The van der Waals surface area contributed by atoms with Gasteiger partial charge in [-0.15, -0.1) is 0 Å². The van der Waals surface area contributed by atoms with Gasteiger partial charge < -0.3 is 15.0 Å². The van der Waals surface area contributed by atoms with Crippen molar-refractivity contribution in [1.29, 1.82) is 0 Å². The summed E-state index contributed by atoms with van der Waals surface area (Å²) in [5.74, 6) is 0.359. The molecule has 5 nitrogen and oxygen atoms in total. The molecule has 29 heavy (non-hydrogen) atoms. The third-order valence-electron chi connectivity index (χ3n) is 4.85. The molecule has 1 N–H and O–H groups in total. The molecule has 0 aliphatic carbocycles. The number of carbonyl (C=O) groups is 2. The molecule has 0 saturated carbocycles. The predicted octanol–water partition coefficient (Wildman–Crippen LogP) is 4.02. The minimum absolute atomic E-state index is 0.103. The van der Waals surface area contributed by atoms with Crippen molar-refractivity contribution in [1.82, 2.24) is 10.2 Å². The quantitative estimate of drug-likeness (QED) is 0.660. The number of hydrogen-bond donors (Lipinski definition) is 1. The van der Waals surface area contributed by atoms with E-state index >= 15 is 0 Å². The first-order chi connectivity index (χ1) is 14.0. The lowest BCUT2D eigenvalue weighted by atomic mass is 10.1. The third kappa shape index (κ3) is 6.63. The van der Waals surface area contributed by atoms with Crippen LogP contribution in [0.25, 0.3) is 0 Å². The SMILES string of the molecule is CCCNC(=O)[C@H](CC)N(Cc1ccc(C)cc1)C(=O)COc1ccccc1C. The van der Waals surface area contributed by atoms with Crippen LogP contribution < -0.4 is 10.1 Å². The van der Waals surface area contributed by atoms with Gasteiger partial charge in [-0.1, -0.05) is 61.9 Å². The van der Waals surface area contributed by atoms with E-state index in [0.29, 0.717) is 25.3 Å². The molecule has 0 saturated heterocycles. The zero-order chi connectivity index (χ0) is 21.2. The van der Waals surface area contributed by atoms with Crippen LogP contribution in [0.4, 0.5) is 0 Å². The van der Waals surface area contributed by atoms with E-state index in [0.717, 1.165) is 23.1 Å². The van der Waals surface area contributed by atoms with Gasteiger partial charge in [0.25, 0.3) is 5.91 Å². The number of carbonyl (C=O) groups excluding carboxylic acids is 2. The van der Waals surface area contributed by atoms with Crippen molar-refractivity contribution < 1.29 is 14.3 Å². The molecule has 156 valence electrons. The summed E-state index contributed by atoms with van der Waals surface area (Å²) in [6.07, 6.45) is 1.39. The van der Waals surface area contributed by atoms with Crippen molar-refractivity contribution in [2.45, 2.75) is 53.1 Å². The highest BCUT2D eigenvalue weighted by Crippen LogP contribution is 2.18. The lowest BCUT2D eigenvalue weighted by molar-refractivity contribution is -0.143. The van der Waals surface area contributed by atoms with E-state index in [1.807, 2.05) is 76.2 Å². The van der Waals surface area contributed by atoms with E-state index in [1.165, 1.54) is 0 Å². The van der Waals surface area contributed by atoms with E-state index in [1.54, 1.807) is 4.90 Å². The number of benzene rings is 2. The zero-order valence-corrected chi connectivity index (χ0v) is 17.9. The molecule has 0 aliphatic heterocycles. The van der Waals surface area contributed by atoms with Gasteiger partial charge in [-0.3, -0.25) is 9.59 Å². The second kappa shape index (κ2) is 11.2. The summed E-state index contributed by atoms with van der Waals surface area (Å²) in [6.45, 7) is 8.76. The first kappa shape index (κ1) is 22.5. The number of rotatable bonds is 10. The summed E-state index contributed by atoms with van der Waals surface area (Å²) in [4.78, 5) is 27.4. The Balaban J connectivity index is 2.19. The molecule has 0 bridgehead atoms. The first-order valence-corrected chi connectivity index (χ1v) is 10.3. The summed E-state index contributed by atoms with van der Waals surface area (Å²) in [5, 5.41) is 2.92. The Labute approximate surface area is 174 Å². The normalized spacial score (nSPS) is 11.6. The molecule has 0 fully saturated rings. The van der Waals surface area contributed by atoms with Crippen LogP contribution in [-0.4, -0.2) is 35.9 Å². The summed E-state index contributed by atoms with van der Waals surface area (Å²) in [7, 11) is 0. The summed E-state index contributed by atoms with van der Waals surface area (Å²) in [5.41, 5.74) is 3.11. The highest BCUT2D eigenvalue weighted by molar-refractivity contribution is 5.88. The molecule has 0 heterocycles. The standard InChI is InChI=1S/C24H32N2O3/c1-5-15-25-24(28)21(6-2)26(16-20-13-11-18(3)12-14-20)23(27)17-29-22-10-8-7-9-19(22)4/h7-14,21H,5-6,15-17H2,1-4H3,(H,25,28)/t21-/m0/s1. The monoisotopic (exact) mass is 396 g/mol. The van der Waals surface area contributed by atoms with Gasteiger partial charge in [-0.25, -0.2) is 0 Å². The summed E-state index contributed by atoms with van der Waals surface area (Å²) in [6, 6.07) is 15.1. The topological polar surface area (TPSA) is 58.6 Å². The molecule has 2 rings (SSSR count). The highest BCUT2D eigenvalue weighted by atomic mass is 16.5. The van der Waals surface area contributed by atoms with Crippen LogP contribution in [0.3, 0.4) is 0 Å². The molecular weight excluding hydrogens is 364 g/mol. The molecule has 2 aromatic carbocycles. The molecule has 0 radical (unpaired) electrons. The van der Waals surface area contributed by atoms with Crippen LogP contribution in [0.1, 0.15) is 43.4 Å². The Hall–Kier alpha value is -2.82. The minimum atomic E-state index is -0.532. The minimum Gasteiger partial charge on any atom is -0.484 e. The van der Waals surface area contributed by atoms with Crippen LogP contribution in [0.2, 0.25) is 0 Å². The third-order valence-corrected chi connectivity index (χ3v) is 4.85. The molecule has 0 unspecified atom stereocenters. The van der Waals surface area contributed by atoms with E-state index in [2.05, 4.69) is 5.32 Å². The lowest BCUT2D eigenvalue weighted by Gasteiger charge is -2.30. The van der Waals surface area contributed by atoms with Gasteiger partial charge in [-0.2, -0.15) is 0 Å². The molecule has 0 aromatic heterocycles. The second-order valence-corrected chi connectivity index (χ2v) is 7.28. The zero-order valence-electron chi connectivity index (χ0n) is 17.9. The van der Waals surface area contributed by atoms with Crippen LogP contribution in [0.5, 0.6) is 5.75 Å².